The Morgan fingerprint density at radius 1 is 0.800 bits per heavy atom. The Kier molecular flexibility index (Phi) is 7.85. The molecule has 0 atom stereocenters. The minimum Gasteiger partial charge on any atom is -0.488 e. The maximum Gasteiger partial charge on any atom is 0.407 e. The van der Waals surface area contributed by atoms with Crippen molar-refractivity contribution in [1.29, 1.82) is 0 Å². The third-order valence-electron chi connectivity index (χ3n) is 4.18. The van der Waals surface area contributed by atoms with E-state index in [2.05, 4.69) is 5.32 Å². The lowest BCUT2D eigenvalue weighted by atomic mass is 10.2. The SMILES string of the molecule is O=Cc1ccc(OCc2ccccc2)c(OCCNC(=O)OCc2ccccc2)c1. The fourth-order valence-corrected chi connectivity index (χ4v) is 2.65. The zero-order valence-corrected chi connectivity index (χ0v) is 16.5. The van der Waals surface area contributed by atoms with Crippen molar-refractivity contribution in [3.8, 4) is 11.5 Å². The third-order valence-corrected chi connectivity index (χ3v) is 4.18. The van der Waals surface area contributed by atoms with Crippen LogP contribution in [0.25, 0.3) is 0 Å². The number of aldehydes is 1. The topological polar surface area (TPSA) is 73.9 Å². The number of rotatable bonds is 10. The Morgan fingerprint density at radius 3 is 2.13 bits per heavy atom. The quantitative estimate of drug-likeness (QED) is 0.400. The number of benzene rings is 3. The van der Waals surface area contributed by atoms with Crippen LogP contribution in [0.5, 0.6) is 11.5 Å². The van der Waals surface area contributed by atoms with Crippen molar-refractivity contribution < 1.29 is 23.8 Å². The Bertz CT molecular complexity index is 944. The van der Waals surface area contributed by atoms with E-state index >= 15 is 0 Å². The van der Waals surface area contributed by atoms with Crippen LogP contribution in [0.4, 0.5) is 4.79 Å². The minimum atomic E-state index is -0.523. The van der Waals surface area contributed by atoms with Crippen molar-refractivity contribution in [2.24, 2.45) is 0 Å². The maximum absolute atomic E-state index is 11.8. The molecule has 0 heterocycles. The first-order valence-corrected chi connectivity index (χ1v) is 9.58. The molecule has 0 unspecified atom stereocenters. The molecule has 154 valence electrons. The molecule has 0 aliphatic carbocycles. The lowest BCUT2D eigenvalue weighted by Crippen LogP contribution is -2.28. The minimum absolute atomic E-state index is 0.199. The van der Waals surface area contributed by atoms with Crippen molar-refractivity contribution in [1.82, 2.24) is 5.32 Å². The number of carbonyl (C=O) groups is 2. The fraction of sp³-hybridized carbons (Fsp3) is 0.167. The summed E-state index contributed by atoms with van der Waals surface area (Å²) < 4.78 is 16.7. The Morgan fingerprint density at radius 2 is 1.47 bits per heavy atom. The fourth-order valence-electron chi connectivity index (χ4n) is 2.65. The van der Waals surface area contributed by atoms with Gasteiger partial charge in [-0.25, -0.2) is 4.79 Å². The summed E-state index contributed by atoms with van der Waals surface area (Å²) in [6.45, 7) is 1.02. The highest BCUT2D eigenvalue weighted by atomic mass is 16.5. The number of nitrogens with one attached hydrogen (secondary N) is 1. The number of hydrogen-bond acceptors (Lipinski definition) is 5. The van der Waals surface area contributed by atoms with E-state index in [9.17, 15) is 9.59 Å². The van der Waals surface area contributed by atoms with Crippen LogP contribution in [0.1, 0.15) is 21.5 Å². The van der Waals surface area contributed by atoms with E-state index in [-0.39, 0.29) is 19.8 Å². The highest BCUT2D eigenvalue weighted by Crippen LogP contribution is 2.28. The average molecular weight is 405 g/mol. The van der Waals surface area contributed by atoms with Gasteiger partial charge in [0.2, 0.25) is 0 Å². The normalized spacial score (nSPS) is 10.1. The van der Waals surface area contributed by atoms with E-state index in [1.54, 1.807) is 18.2 Å². The molecule has 0 saturated heterocycles. The standard InChI is InChI=1S/C24H23NO5/c26-16-21-11-12-22(29-17-19-7-3-1-4-8-19)23(15-21)28-14-13-25-24(27)30-18-20-9-5-2-6-10-20/h1-12,15-16H,13-14,17-18H2,(H,25,27). The number of ether oxygens (including phenoxy) is 3. The van der Waals surface area contributed by atoms with E-state index < -0.39 is 6.09 Å². The van der Waals surface area contributed by atoms with E-state index in [0.29, 0.717) is 23.7 Å². The van der Waals surface area contributed by atoms with Gasteiger partial charge in [0.05, 0.1) is 6.54 Å². The molecule has 0 aromatic heterocycles. The van der Waals surface area contributed by atoms with Crippen LogP contribution < -0.4 is 14.8 Å². The van der Waals surface area contributed by atoms with Crippen molar-refractivity contribution >= 4 is 12.4 Å². The molecule has 0 spiro atoms. The second-order valence-electron chi connectivity index (χ2n) is 6.44. The van der Waals surface area contributed by atoms with E-state index in [0.717, 1.165) is 17.4 Å². The van der Waals surface area contributed by atoms with Gasteiger partial charge in [-0.2, -0.15) is 0 Å². The molecular formula is C24H23NO5. The lowest BCUT2D eigenvalue weighted by Gasteiger charge is -2.14. The Hall–Kier alpha value is -3.80. The Balaban J connectivity index is 1.47. The number of alkyl carbamates (subject to hydrolysis) is 1. The zero-order valence-electron chi connectivity index (χ0n) is 16.5. The number of amides is 1. The summed E-state index contributed by atoms with van der Waals surface area (Å²) in [5.41, 5.74) is 2.41. The highest BCUT2D eigenvalue weighted by molar-refractivity contribution is 5.76. The van der Waals surface area contributed by atoms with Gasteiger partial charge in [-0.3, -0.25) is 4.79 Å². The van der Waals surface area contributed by atoms with Gasteiger partial charge in [-0.1, -0.05) is 60.7 Å². The first kappa shape index (κ1) is 20.9. The van der Waals surface area contributed by atoms with Gasteiger partial charge in [0, 0.05) is 5.56 Å². The summed E-state index contributed by atoms with van der Waals surface area (Å²) in [6, 6.07) is 24.2. The highest BCUT2D eigenvalue weighted by Gasteiger charge is 2.08. The molecule has 3 aromatic rings. The van der Waals surface area contributed by atoms with Gasteiger partial charge in [-0.05, 0) is 29.3 Å². The van der Waals surface area contributed by atoms with Gasteiger partial charge in [0.25, 0.3) is 0 Å². The van der Waals surface area contributed by atoms with E-state index in [1.807, 2.05) is 60.7 Å². The largest absolute Gasteiger partial charge is 0.488 e. The molecule has 0 fully saturated rings. The monoisotopic (exact) mass is 405 g/mol. The maximum atomic E-state index is 11.8. The van der Waals surface area contributed by atoms with E-state index in [4.69, 9.17) is 14.2 Å². The molecule has 6 heteroatoms. The first-order valence-electron chi connectivity index (χ1n) is 9.58. The van der Waals surface area contributed by atoms with Crippen LogP contribution in [0.3, 0.4) is 0 Å². The second kappa shape index (κ2) is 11.3. The van der Waals surface area contributed by atoms with Gasteiger partial charge >= 0.3 is 6.09 Å². The van der Waals surface area contributed by atoms with Gasteiger partial charge in [-0.15, -0.1) is 0 Å². The van der Waals surface area contributed by atoms with Crippen molar-refractivity contribution in [2.75, 3.05) is 13.2 Å². The summed E-state index contributed by atoms with van der Waals surface area (Å²) in [4.78, 5) is 22.9. The number of carbonyl (C=O) groups excluding carboxylic acids is 2. The van der Waals surface area contributed by atoms with Crippen LogP contribution in [0.2, 0.25) is 0 Å². The summed E-state index contributed by atoms with van der Waals surface area (Å²) in [5, 5.41) is 2.63. The summed E-state index contributed by atoms with van der Waals surface area (Å²) in [5.74, 6) is 0.964. The van der Waals surface area contributed by atoms with Crippen LogP contribution >= 0.6 is 0 Å². The average Bonchev–Trinajstić information content (AvgIpc) is 2.80. The van der Waals surface area contributed by atoms with E-state index in [1.165, 1.54) is 0 Å². The predicted octanol–water partition coefficient (Wildman–Crippen LogP) is 4.38. The zero-order chi connectivity index (χ0) is 21.0. The predicted molar refractivity (Wildman–Crippen MR) is 113 cm³/mol. The molecule has 0 aliphatic rings. The molecule has 1 N–H and O–H groups in total. The summed E-state index contributed by atoms with van der Waals surface area (Å²) in [7, 11) is 0. The smallest absolute Gasteiger partial charge is 0.407 e. The van der Waals surface area contributed by atoms with Crippen molar-refractivity contribution in [3.63, 3.8) is 0 Å². The molecular weight excluding hydrogens is 382 g/mol. The van der Waals surface area contributed by atoms with Gasteiger partial charge in [0.15, 0.2) is 11.5 Å². The molecule has 6 nitrogen and oxygen atoms in total. The molecule has 0 aliphatic heterocycles. The van der Waals surface area contributed by atoms with Crippen LogP contribution in [0, 0.1) is 0 Å². The second-order valence-corrected chi connectivity index (χ2v) is 6.44. The summed E-state index contributed by atoms with van der Waals surface area (Å²) >= 11 is 0. The van der Waals surface area contributed by atoms with Crippen molar-refractivity contribution in [3.05, 3.63) is 95.6 Å². The molecule has 30 heavy (non-hydrogen) atoms. The van der Waals surface area contributed by atoms with Crippen LogP contribution in [-0.2, 0) is 18.0 Å². The van der Waals surface area contributed by atoms with Crippen LogP contribution in [0.15, 0.2) is 78.9 Å². The van der Waals surface area contributed by atoms with Crippen LogP contribution in [-0.4, -0.2) is 25.5 Å². The van der Waals surface area contributed by atoms with Gasteiger partial charge in [0.1, 0.15) is 26.1 Å². The lowest BCUT2D eigenvalue weighted by molar-refractivity contribution is 0.112. The first-order chi connectivity index (χ1) is 14.7. The molecule has 0 bridgehead atoms. The molecule has 1 amide bonds. The molecule has 0 saturated carbocycles. The van der Waals surface area contributed by atoms with Gasteiger partial charge < -0.3 is 19.5 Å². The summed E-state index contributed by atoms with van der Waals surface area (Å²) in [6.07, 6.45) is 0.220. The molecule has 3 rings (SSSR count). The molecule has 3 aromatic carbocycles. The number of hydrogen-bond donors (Lipinski definition) is 1. The molecule has 0 radical (unpaired) electrons. The Labute approximate surface area is 175 Å². The van der Waals surface area contributed by atoms with Crippen molar-refractivity contribution in [2.45, 2.75) is 13.2 Å². The third kappa shape index (κ3) is 6.67.